The van der Waals surface area contributed by atoms with Crippen molar-refractivity contribution in [3.05, 3.63) is 65.0 Å². The summed E-state index contributed by atoms with van der Waals surface area (Å²) < 4.78 is 0. The van der Waals surface area contributed by atoms with Gasteiger partial charge in [-0.05, 0) is 81.2 Å². The van der Waals surface area contributed by atoms with E-state index in [1.54, 1.807) is 18.0 Å². The lowest BCUT2D eigenvalue weighted by Crippen LogP contribution is -2.58. The van der Waals surface area contributed by atoms with Crippen LogP contribution in [-0.2, 0) is 27.2 Å². The minimum absolute atomic E-state index is 0.0290. The zero-order chi connectivity index (χ0) is 27.9. The zero-order valence-electron chi connectivity index (χ0n) is 23.9. The Kier molecular flexibility index (Phi) is 9.89. The van der Waals surface area contributed by atoms with Crippen molar-refractivity contribution in [3.63, 3.8) is 0 Å². The maximum Gasteiger partial charge on any atom is 0.249 e. The van der Waals surface area contributed by atoms with Crippen LogP contribution >= 0.6 is 0 Å². The number of amides is 2. The fourth-order valence-electron chi connectivity index (χ4n) is 6.40. The Morgan fingerprint density at radius 3 is 2.26 bits per heavy atom. The molecule has 1 aromatic carbocycles. The van der Waals surface area contributed by atoms with Gasteiger partial charge in [0.05, 0.1) is 17.8 Å². The van der Waals surface area contributed by atoms with Crippen molar-refractivity contribution in [3.8, 4) is 0 Å². The van der Waals surface area contributed by atoms with E-state index in [2.05, 4.69) is 22.8 Å². The van der Waals surface area contributed by atoms with Gasteiger partial charge in [0, 0.05) is 11.7 Å². The number of hydrogen-bond acceptors (Lipinski definition) is 5. The number of rotatable bonds is 11. The molecule has 2 aliphatic rings. The summed E-state index contributed by atoms with van der Waals surface area (Å²) in [7, 11) is 1.80. The van der Waals surface area contributed by atoms with E-state index in [9.17, 15) is 14.4 Å². The maximum absolute atomic E-state index is 14.6. The summed E-state index contributed by atoms with van der Waals surface area (Å²) in [6.45, 7) is 5.94. The zero-order valence-corrected chi connectivity index (χ0v) is 23.9. The Hall–Kier alpha value is -3.06. The van der Waals surface area contributed by atoms with Crippen molar-refractivity contribution in [1.82, 2.24) is 20.5 Å². The fraction of sp³-hybridized carbons (Fsp3) is 0.562. The highest BCUT2D eigenvalue weighted by molar-refractivity contribution is 5.92. The number of aldehydes is 1. The predicted octanol–water partition coefficient (Wildman–Crippen LogP) is 4.33. The largest absolute Gasteiger partial charge is 0.351 e. The summed E-state index contributed by atoms with van der Waals surface area (Å²) in [6.07, 6.45) is 8.05. The highest BCUT2D eigenvalue weighted by atomic mass is 16.2. The molecule has 2 aliphatic carbocycles. The third-order valence-electron chi connectivity index (χ3n) is 8.28. The van der Waals surface area contributed by atoms with Gasteiger partial charge in [-0.2, -0.15) is 0 Å². The lowest BCUT2D eigenvalue weighted by Gasteiger charge is -2.39. The van der Waals surface area contributed by atoms with Gasteiger partial charge < -0.3 is 20.3 Å². The lowest BCUT2D eigenvalue weighted by molar-refractivity contribution is -0.148. The molecule has 2 unspecified atom stereocenters. The first-order valence-corrected chi connectivity index (χ1v) is 14.6. The molecule has 0 saturated heterocycles. The highest BCUT2D eigenvalue weighted by Crippen LogP contribution is 2.33. The van der Waals surface area contributed by atoms with Crippen LogP contribution in [0.4, 0.5) is 0 Å². The van der Waals surface area contributed by atoms with Crippen LogP contribution < -0.4 is 10.6 Å². The number of nitrogens with zero attached hydrogens (tertiary/aromatic N) is 2. The quantitative estimate of drug-likeness (QED) is 0.421. The third kappa shape index (κ3) is 6.93. The number of aryl methyl sites for hydroxylation is 1. The van der Waals surface area contributed by atoms with Gasteiger partial charge in [-0.1, -0.05) is 63.4 Å². The first-order chi connectivity index (χ1) is 18.8. The summed E-state index contributed by atoms with van der Waals surface area (Å²) in [5, 5.41) is 6.51. The molecule has 1 aromatic heterocycles. The second-order valence-electron chi connectivity index (χ2n) is 11.7. The van der Waals surface area contributed by atoms with Gasteiger partial charge in [0.2, 0.25) is 11.8 Å². The molecular formula is C32H44N4O3. The summed E-state index contributed by atoms with van der Waals surface area (Å²) in [6, 6.07) is 11.6. The van der Waals surface area contributed by atoms with Gasteiger partial charge in [-0.15, -0.1) is 0 Å². The second kappa shape index (κ2) is 13.3. The lowest BCUT2D eigenvalue weighted by atomic mass is 9.91. The molecule has 0 aliphatic heterocycles. The van der Waals surface area contributed by atoms with Crippen molar-refractivity contribution in [2.75, 3.05) is 7.05 Å². The van der Waals surface area contributed by atoms with Gasteiger partial charge in [0.1, 0.15) is 6.29 Å². The Labute approximate surface area is 233 Å². The third-order valence-corrected chi connectivity index (χ3v) is 8.28. The summed E-state index contributed by atoms with van der Waals surface area (Å²) in [5.41, 5.74) is 3.77. The predicted molar refractivity (Wildman–Crippen MR) is 153 cm³/mol. The molecule has 7 heteroatoms. The standard InChI is InChI=1S/C32H44N4O3/c1-21(2)17-27(20-37)36(32(39)29(33-4)25-18-23-12-8-9-13-24(23)19-25)30(28-16-10-11-22(3)34-28)31(38)35-26-14-6-5-7-15-26/h8-13,16,20-21,25-27,29-30,33H,5-7,14-15,17-19H2,1-4H3,(H,35,38)/t27-,29?,30?/m1/s1. The van der Waals surface area contributed by atoms with Crippen molar-refractivity contribution in [2.24, 2.45) is 11.8 Å². The molecular weight excluding hydrogens is 488 g/mol. The summed E-state index contributed by atoms with van der Waals surface area (Å²) >= 11 is 0. The van der Waals surface area contributed by atoms with E-state index >= 15 is 0 Å². The Morgan fingerprint density at radius 1 is 1.03 bits per heavy atom. The average molecular weight is 533 g/mol. The van der Waals surface area contributed by atoms with Crippen LogP contribution in [-0.4, -0.2) is 53.2 Å². The monoisotopic (exact) mass is 532 g/mol. The first-order valence-electron chi connectivity index (χ1n) is 14.6. The minimum Gasteiger partial charge on any atom is -0.351 e. The SMILES string of the molecule is CNC(C(=O)N(C(C(=O)NC1CCCCC1)c1cccc(C)n1)[C@@H](C=O)CC(C)C)C1Cc2ccccc2C1. The highest BCUT2D eigenvalue weighted by Gasteiger charge is 2.43. The number of hydrogen-bond donors (Lipinski definition) is 2. The molecule has 210 valence electrons. The molecule has 39 heavy (non-hydrogen) atoms. The Balaban J connectivity index is 1.74. The van der Waals surface area contributed by atoms with E-state index < -0.39 is 18.1 Å². The first kappa shape index (κ1) is 28.9. The number of benzene rings is 1. The molecule has 0 bridgehead atoms. The van der Waals surface area contributed by atoms with E-state index in [-0.39, 0.29) is 29.7 Å². The molecule has 0 spiro atoms. The number of carbonyl (C=O) groups is 3. The van der Waals surface area contributed by atoms with Crippen LogP contribution in [0.3, 0.4) is 0 Å². The van der Waals surface area contributed by atoms with Crippen LogP contribution in [0.15, 0.2) is 42.5 Å². The average Bonchev–Trinajstić information content (AvgIpc) is 3.35. The molecule has 1 fully saturated rings. The van der Waals surface area contributed by atoms with E-state index in [0.717, 1.165) is 50.5 Å². The van der Waals surface area contributed by atoms with E-state index in [4.69, 9.17) is 4.98 Å². The molecule has 0 radical (unpaired) electrons. The van der Waals surface area contributed by atoms with Gasteiger partial charge in [-0.3, -0.25) is 14.6 Å². The number of likely N-dealkylation sites (N-methyl/N-ethyl adjacent to an activating group) is 1. The normalized spacial score (nSPS) is 18.3. The fourth-order valence-corrected chi connectivity index (χ4v) is 6.40. The van der Waals surface area contributed by atoms with E-state index in [1.807, 2.05) is 45.0 Å². The van der Waals surface area contributed by atoms with Crippen molar-refractivity contribution in [2.45, 2.75) is 96.3 Å². The van der Waals surface area contributed by atoms with E-state index in [1.165, 1.54) is 17.5 Å². The van der Waals surface area contributed by atoms with Gasteiger partial charge >= 0.3 is 0 Å². The number of aromatic nitrogens is 1. The molecule has 3 atom stereocenters. The minimum atomic E-state index is -0.993. The second-order valence-corrected chi connectivity index (χ2v) is 11.7. The number of carbonyl (C=O) groups excluding carboxylic acids is 3. The van der Waals surface area contributed by atoms with Gasteiger partial charge in [-0.25, -0.2) is 0 Å². The van der Waals surface area contributed by atoms with Crippen LogP contribution in [0.25, 0.3) is 0 Å². The van der Waals surface area contributed by atoms with Crippen LogP contribution in [0, 0.1) is 18.8 Å². The smallest absolute Gasteiger partial charge is 0.249 e. The van der Waals surface area contributed by atoms with E-state index in [0.29, 0.717) is 12.1 Å². The molecule has 2 N–H and O–H groups in total. The molecule has 7 nitrogen and oxygen atoms in total. The van der Waals surface area contributed by atoms with Gasteiger partial charge in [0.25, 0.3) is 0 Å². The topological polar surface area (TPSA) is 91.4 Å². The Morgan fingerprint density at radius 2 is 1.69 bits per heavy atom. The molecule has 1 saturated carbocycles. The number of fused-ring (bicyclic) bond motifs is 1. The number of nitrogens with one attached hydrogen (secondary N) is 2. The maximum atomic E-state index is 14.6. The van der Waals surface area contributed by atoms with Gasteiger partial charge in [0.15, 0.2) is 6.04 Å². The molecule has 2 aromatic rings. The van der Waals surface area contributed by atoms with Crippen LogP contribution in [0.5, 0.6) is 0 Å². The molecule has 2 amide bonds. The van der Waals surface area contributed by atoms with Crippen LogP contribution in [0.2, 0.25) is 0 Å². The molecule has 1 heterocycles. The number of pyridine rings is 1. The molecule has 4 rings (SSSR count). The summed E-state index contributed by atoms with van der Waals surface area (Å²) in [4.78, 5) is 47.6. The van der Waals surface area contributed by atoms with Crippen molar-refractivity contribution < 1.29 is 14.4 Å². The summed E-state index contributed by atoms with van der Waals surface area (Å²) in [5.74, 6) is -0.290. The van der Waals surface area contributed by atoms with Crippen LogP contribution in [0.1, 0.15) is 80.9 Å². The Bertz CT molecular complexity index is 1120. The van der Waals surface area contributed by atoms with Crippen molar-refractivity contribution in [1.29, 1.82) is 0 Å². The van der Waals surface area contributed by atoms with Crippen molar-refractivity contribution >= 4 is 18.1 Å².